The van der Waals surface area contributed by atoms with E-state index in [9.17, 15) is 4.79 Å². The van der Waals surface area contributed by atoms with Gasteiger partial charge in [0.2, 0.25) is 0 Å². The number of carboxylic acid groups (broad SMARTS) is 1. The van der Waals surface area contributed by atoms with Crippen LogP contribution < -0.4 is 0 Å². The van der Waals surface area contributed by atoms with Gasteiger partial charge < -0.3 is 15.1 Å². The molecule has 20 heavy (non-hydrogen) atoms. The van der Waals surface area contributed by atoms with Crippen LogP contribution in [-0.4, -0.2) is 47.3 Å². The molecule has 4 nitrogen and oxygen atoms in total. The molecule has 0 saturated carbocycles. The molecule has 0 radical (unpaired) electrons. The summed E-state index contributed by atoms with van der Waals surface area (Å²) in [6.45, 7) is 5.85. The molecule has 1 heterocycles. The molecule has 5 heteroatoms. The van der Waals surface area contributed by atoms with E-state index in [-0.39, 0.29) is 12.4 Å². The Kier molecular flexibility index (Phi) is 10.1. The van der Waals surface area contributed by atoms with Crippen molar-refractivity contribution in [2.75, 3.05) is 26.2 Å². The normalized spacial score (nSPS) is 15.7. The van der Waals surface area contributed by atoms with E-state index >= 15 is 0 Å². The first-order valence-corrected chi connectivity index (χ1v) is 6.75. The van der Waals surface area contributed by atoms with Crippen molar-refractivity contribution in [3.05, 3.63) is 35.9 Å². The number of aromatic carboxylic acids is 1. The van der Waals surface area contributed by atoms with Gasteiger partial charge in [0.05, 0.1) is 12.2 Å². The smallest absolute Gasteiger partial charge is 0.335 e. The summed E-state index contributed by atoms with van der Waals surface area (Å²) in [5.74, 6) is 0.0190. The number of β-amino-alcohol motifs (C(OH)–C–C–N with tert-alkyl or cyclic N) is 1. The van der Waals surface area contributed by atoms with E-state index in [4.69, 9.17) is 10.2 Å². The van der Waals surface area contributed by atoms with Gasteiger partial charge in [0.15, 0.2) is 0 Å². The first-order valence-electron chi connectivity index (χ1n) is 6.75. The molecule has 1 aliphatic rings. The van der Waals surface area contributed by atoms with Crippen LogP contribution in [0.5, 0.6) is 0 Å². The van der Waals surface area contributed by atoms with Crippen molar-refractivity contribution in [3.8, 4) is 0 Å². The van der Waals surface area contributed by atoms with E-state index in [0.29, 0.717) is 12.2 Å². The van der Waals surface area contributed by atoms with Gasteiger partial charge in [-0.05, 0) is 44.0 Å². The van der Waals surface area contributed by atoms with E-state index in [2.05, 4.69) is 11.8 Å². The van der Waals surface area contributed by atoms with Crippen LogP contribution in [0.2, 0.25) is 0 Å². The van der Waals surface area contributed by atoms with Crippen LogP contribution >= 0.6 is 12.4 Å². The Balaban J connectivity index is 0.000000345. The second kappa shape index (κ2) is 10.7. The number of likely N-dealkylation sites (tertiary alicyclic amines) is 1. The Morgan fingerprint density at radius 2 is 1.80 bits per heavy atom. The molecule has 1 fully saturated rings. The number of carboxylic acids is 1. The van der Waals surface area contributed by atoms with Gasteiger partial charge in [0.1, 0.15) is 0 Å². The highest BCUT2D eigenvalue weighted by atomic mass is 35.5. The number of halogens is 1. The molecule has 1 aromatic rings. The molecule has 0 bridgehead atoms. The van der Waals surface area contributed by atoms with Crippen molar-refractivity contribution in [1.29, 1.82) is 0 Å². The number of benzene rings is 1. The summed E-state index contributed by atoms with van der Waals surface area (Å²) >= 11 is 0. The average molecular weight is 302 g/mol. The first kappa shape index (κ1) is 18.9. The maximum atomic E-state index is 10.2. The molecular formula is C15H24ClNO3. The summed E-state index contributed by atoms with van der Waals surface area (Å²) < 4.78 is 0. The Hall–Kier alpha value is -1.10. The fourth-order valence-electron chi connectivity index (χ4n) is 2.01. The van der Waals surface area contributed by atoms with Crippen LogP contribution in [-0.2, 0) is 0 Å². The Labute approximate surface area is 126 Å². The lowest BCUT2D eigenvalue weighted by atomic mass is 9.99. The van der Waals surface area contributed by atoms with Crippen LogP contribution in [0.1, 0.15) is 30.1 Å². The number of piperidine rings is 1. The highest BCUT2D eigenvalue weighted by Crippen LogP contribution is 2.14. The monoisotopic (exact) mass is 301 g/mol. The summed E-state index contributed by atoms with van der Waals surface area (Å²) in [5, 5.41) is 17.0. The molecule has 1 aliphatic heterocycles. The maximum Gasteiger partial charge on any atom is 0.335 e. The number of rotatable bonds is 3. The predicted octanol–water partition coefficient (Wildman–Crippen LogP) is 2.52. The van der Waals surface area contributed by atoms with Crippen molar-refractivity contribution in [2.45, 2.75) is 19.8 Å². The quantitative estimate of drug-likeness (QED) is 0.900. The topological polar surface area (TPSA) is 60.8 Å². The second-order valence-electron chi connectivity index (χ2n) is 4.92. The Morgan fingerprint density at radius 3 is 2.20 bits per heavy atom. The highest BCUT2D eigenvalue weighted by molar-refractivity contribution is 5.87. The SMILES string of the molecule is CC1CCN(CCO)CC1.Cl.O=C(O)c1ccccc1. The molecule has 0 amide bonds. The number of nitrogens with zero attached hydrogens (tertiary/aromatic N) is 1. The molecular weight excluding hydrogens is 278 g/mol. The maximum absolute atomic E-state index is 10.2. The largest absolute Gasteiger partial charge is 0.478 e. The predicted molar refractivity (Wildman–Crippen MR) is 82.6 cm³/mol. The van der Waals surface area contributed by atoms with Gasteiger partial charge in [-0.3, -0.25) is 0 Å². The number of hydrogen-bond acceptors (Lipinski definition) is 3. The van der Waals surface area contributed by atoms with E-state index in [1.807, 2.05) is 0 Å². The van der Waals surface area contributed by atoms with E-state index < -0.39 is 5.97 Å². The van der Waals surface area contributed by atoms with Crippen LogP contribution in [0, 0.1) is 5.92 Å². The minimum atomic E-state index is -0.879. The minimum absolute atomic E-state index is 0. The van der Waals surface area contributed by atoms with Crippen molar-refractivity contribution in [3.63, 3.8) is 0 Å². The molecule has 114 valence electrons. The Morgan fingerprint density at radius 1 is 1.25 bits per heavy atom. The summed E-state index contributed by atoms with van der Waals surface area (Å²) in [6, 6.07) is 8.30. The van der Waals surface area contributed by atoms with Gasteiger partial charge in [-0.25, -0.2) is 4.79 Å². The van der Waals surface area contributed by atoms with E-state index in [1.165, 1.54) is 25.9 Å². The van der Waals surface area contributed by atoms with E-state index in [1.54, 1.807) is 30.3 Å². The molecule has 2 N–H and O–H groups in total. The van der Waals surface area contributed by atoms with Crippen LogP contribution in [0.3, 0.4) is 0 Å². The second-order valence-corrected chi connectivity index (χ2v) is 4.92. The number of carbonyl (C=O) groups is 1. The number of hydrogen-bond donors (Lipinski definition) is 2. The molecule has 0 aliphatic carbocycles. The van der Waals surface area contributed by atoms with Crippen LogP contribution in [0.15, 0.2) is 30.3 Å². The molecule has 1 aromatic carbocycles. The fourth-order valence-corrected chi connectivity index (χ4v) is 2.01. The first-order chi connectivity index (χ1) is 9.13. The fraction of sp³-hybridized carbons (Fsp3) is 0.533. The zero-order valence-electron chi connectivity index (χ0n) is 11.9. The highest BCUT2D eigenvalue weighted by Gasteiger charge is 2.13. The molecule has 0 atom stereocenters. The summed E-state index contributed by atoms with van der Waals surface area (Å²) in [7, 11) is 0. The van der Waals surface area contributed by atoms with Crippen molar-refractivity contribution >= 4 is 18.4 Å². The van der Waals surface area contributed by atoms with Gasteiger partial charge in [0, 0.05) is 6.54 Å². The molecule has 0 unspecified atom stereocenters. The lowest BCUT2D eigenvalue weighted by Gasteiger charge is -2.29. The molecule has 0 spiro atoms. The van der Waals surface area contributed by atoms with Crippen molar-refractivity contribution < 1.29 is 15.0 Å². The van der Waals surface area contributed by atoms with Gasteiger partial charge in [0.25, 0.3) is 0 Å². The molecule has 1 saturated heterocycles. The van der Waals surface area contributed by atoms with Crippen molar-refractivity contribution in [2.24, 2.45) is 5.92 Å². The third-order valence-electron chi connectivity index (χ3n) is 3.31. The van der Waals surface area contributed by atoms with Gasteiger partial charge in [-0.15, -0.1) is 12.4 Å². The molecule has 2 rings (SSSR count). The molecule has 0 aromatic heterocycles. The van der Waals surface area contributed by atoms with Gasteiger partial charge >= 0.3 is 5.97 Å². The standard InChI is InChI=1S/C8H17NO.C7H6O2.ClH/c1-8-2-4-9(5-3-8)6-7-10;8-7(9)6-4-2-1-3-5-6;/h8,10H,2-7H2,1H3;1-5H,(H,8,9);1H. The minimum Gasteiger partial charge on any atom is -0.478 e. The Bertz CT molecular complexity index is 365. The number of aliphatic hydroxyl groups excluding tert-OH is 1. The zero-order valence-corrected chi connectivity index (χ0v) is 12.7. The lowest BCUT2D eigenvalue weighted by molar-refractivity contribution is 0.0697. The van der Waals surface area contributed by atoms with Crippen LogP contribution in [0.25, 0.3) is 0 Å². The third kappa shape index (κ3) is 7.48. The average Bonchev–Trinajstić information content (AvgIpc) is 2.43. The lowest BCUT2D eigenvalue weighted by Crippen LogP contribution is -2.34. The van der Waals surface area contributed by atoms with Gasteiger partial charge in [-0.2, -0.15) is 0 Å². The van der Waals surface area contributed by atoms with Gasteiger partial charge in [-0.1, -0.05) is 25.1 Å². The third-order valence-corrected chi connectivity index (χ3v) is 3.31. The summed E-state index contributed by atoms with van der Waals surface area (Å²) in [4.78, 5) is 12.5. The van der Waals surface area contributed by atoms with E-state index in [0.717, 1.165) is 12.5 Å². The number of aliphatic hydroxyl groups is 1. The van der Waals surface area contributed by atoms with Crippen molar-refractivity contribution in [1.82, 2.24) is 4.90 Å². The summed E-state index contributed by atoms with van der Waals surface area (Å²) in [5.41, 5.74) is 0.331. The van der Waals surface area contributed by atoms with Crippen LogP contribution in [0.4, 0.5) is 0 Å². The zero-order chi connectivity index (χ0) is 14.1. The summed E-state index contributed by atoms with van der Waals surface area (Å²) in [6.07, 6.45) is 2.61.